The van der Waals surface area contributed by atoms with E-state index < -0.39 is 0 Å². The first-order valence-electron chi connectivity index (χ1n) is 7.09. The molecule has 7 heteroatoms. The van der Waals surface area contributed by atoms with Crippen LogP contribution in [0.1, 0.15) is 22.2 Å². The number of amides is 1. The van der Waals surface area contributed by atoms with Gasteiger partial charge in [-0.25, -0.2) is 9.48 Å². The van der Waals surface area contributed by atoms with Gasteiger partial charge >= 0.3 is 5.69 Å². The molecule has 3 heterocycles. The summed E-state index contributed by atoms with van der Waals surface area (Å²) < 4.78 is 2.85. The van der Waals surface area contributed by atoms with Crippen molar-refractivity contribution < 1.29 is 4.79 Å². The molecule has 0 atom stereocenters. The summed E-state index contributed by atoms with van der Waals surface area (Å²) in [6.45, 7) is 2.73. The molecular formula is C15H16N4O2S. The van der Waals surface area contributed by atoms with E-state index in [4.69, 9.17) is 0 Å². The van der Waals surface area contributed by atoms with Crippen molar-refractivity contribution in [2.75, 3.05) is 6.54 Å². The Morgan fingerprint density at radius 3 is 3.00 bits per heavy atom. The molecule has 0 fully saturated rings. The highest BCUT2D eigenvalue weighted by molar-refractivity contribution is 7.12. The fourth-order valence-electron chi connectivity index (χ4n) is 2.28. The molecule has 0 spiro atoms. The van der Waals surface area contributed by atoms with Crippen LogP contribution in [0.2, 0.25) is 0 Å². The lowest BCUT2D eigenvalue weighted by molar-refractivity contribution is 0.0955. The first kappa shape index (κ1) is 14.5. The van der Waals surface area contributed by atoms with Crippen molar-refractivity contribution in [1.82, 2.24) is 19.5 Å². The molecule has 3 aromatic rings. The lowest BCUT2D eigenvalue weighted by Crippen LogP contribution is -2.31. The first-order valence-corrected chi connectivity index (χ1v) is 7.97. The van der Waals surface area contributed by atoms with Crippen molar-refractivity contribution in [1.29, 1.82) is 0 Å². The maximum atomic E-state index is 12.1. The lowest BCUT2D eigenvalue weighted by Gasteiger charge is -2.04. The van der Waals surface area contributed by atoms with Gasteiger partial charge in [0.05, 0.1) is 11.4 Å². The first-order chi connectivity index (χ1) is 10.7. The number of nitrogens with zero attached hydrogens (tertiary/aromatic N) is 3. The minimum absolute atomic E-state index is 0.0938. The number of rotatable bonds is 5. The normalized spacial score (nSPS) is 11.0. The van der Waals surface area contributed by atoms with Crippen LogP contribution < -0.4 is 11.0 Å². The van der Waals surface area contributed by atoms with E-state index in [2.05, 4.69) is 10.4 Å². The van der Waals surface area contributed by atoms with Gasteiger partial charge in [0.25, 0.3) is 5.91 Å². The van der Waals surface area contributed by atoms with Gasteiger partial charge < -0.3 is 5.32 Å². The van der Waals surface area contributed by atoms with Gasteiger partial charge in [0, 0.05) is 12.7 Å². The SMILES string of the molecule is CCc1ccsc1C(=O)NCCn1nc2ccccn2c1=O. The number of thiophene rings is 1. The predicted molar refractivity (Wildman–Crippen MR) is 85.5 cm³/mol. The number of carbonyl (C=O) groups excluding carboxylic acids is 1. The smallest absolute Gasteiger partial charge is 0.349 e. The molecule has 0 bridgehead atoms. The van der Waals surface area contributed by atoms with E-state index in [1.807, 2.05) is 24.4 Å². The molecule has 6 nitrogen and oxygen atoms in total. The number of pyridine rings is 1. The molecule has 0 saturated carbocycles. The number of hydrogen-bond donors (Lipinski definition) is 1. The number of nitrogens with one attached hydrogen (secondary N) is 1. The molecule has 22 heavy (non-hydrogen) atoms. The van der Waals surface area contributed by atoms with Crippen molar-refractivity contribution >= 4 is 22.9 Å². The molecule has 0 aliphatic carbocycles. The number of fused-ring (bicyclic) bond motifs is 1. The van der Waals surface area contributed by atoms with E-state index in [1.165, 1.54) is 20.4 Å². The Kier molecular flexibility index (Phi) is 4.06. The summed E-state index contributed by atoms with van der Waals surface area (Å²) in [6.07, 6.45) is 2.51. The Labute approximate surface area is 131 Å². The molecule has 1 N–H and O–H groups in total. The minimum atomic E-state index is -0.199. The fraction of sp³-hybridized carbons (Fsp3) is 0.267. The van der Waals surface area contributed by atoms with Crippen molar-refractivity contribution in [3.8, 4) is 0 Å². The van der Waals surface area contributed by atoms with Gasteiger partial charge in [-0.3, -0.25) is 9.20 Å². The second-order valence-electron chi connectivity index (χ2n) is 4.82. The monoisotopic (exact) mass is 316 g/mol. The zero-order valence-electron chi connectivity index (χ0n) is 12.2. The third kappa shape index (κ3) is 2.67. The minimum Gasteiger partial charge on any atom is -0.349 e. The van der Waals surface area contributed by atoms with Crippen LogP contribution in [0.25, 0.3) is 5.65 Å². The molecule has 0 aliphatic rings. The topological polar surface area (TPSA) is 68.4 Å². The average molecular weight is 316 g/mol. The maximum Gasteiger partial charge on any atom is 0.350 e. The van der Waals surface area contributed by atoms with E-state index >= 15 is 0 Å². The molecule has 3 aromatic heterocycles. The fourth-order valence-corrected chi connectivity index (χ4v) is 3.19. The second kappa shape index (κ2) is 6.15. The van der Waals surface area contributed by atoms with Gasteiger partial charge in [-0.05, 0) is 35.6 Å². The van der Waals surface area contributed by atoms with Crippen molar-refractivity contribution in [3.63, 3.8) is 0 Å². The highest BCUT2D eigenvalue weighted by Gasteiger charge is 2.12. The number of aryl methyl sites for hydroxylation is 1. The van der Waals surface area contributed by atoms with Crippen LogP contribution in [0.15, 0.2) is 40.6 Å². The van der Waals surface area contributed by atoms with Crippen LogP contribution >= 0.6 is 11.3 Å². The standard InChI is InChI=1S/C15H16N4O2S/c1-2-11-6-10-22-13(11)14(20)16-7-9-19-15(21)18-8-4-3-5-12(18)17-19/h3-6,8,10H,2,7,9H2,1H3,(H,16,20). The summed E-state index contributed by atoms with van der Waals surface area (Å²) in [6, 6.07) is 7.35. The molecule has 0 unspecified atom stereocenters. The number of carbonyl (C=O) groups is 1. The molecule has 0 aliphatic heterocycles. The lowest BCUT2D eigenvalue weighted by atomic mass is 10.2. The highest BCUT2D eigenvalue weighted by atomic mass is 32.1. The molecular weight excluding hydrogens is 300 g/mol. The van der Waals surface area contributed by atoms with Crippen molar-refractivity contribution in [3.05, 3.63) is 56.8 Å². The van der Waals surface area contributed by atoms with Crippen LogP contribution in [0.3, 0.4) is 0 Å². The Balaban J connectivity index is 1.66. The van der Waals surface area contributed by atoms with E-state index in [0.29, 0.717) is 18.7 Å². The van der Waals surface area contributed by atoms with Gasteiger partial charge in [0.2, 0.25) is 0 Å². The summed E-state index contributed by atoms with van der Waals surface area (Å²) in [5.74, 6) is -0.0938. The molecule has 1 amide bonds. The van der Waals surface area contributed by atoms with Crippen LogP contribution in [0, 0.1) is 0 Å². The molecule has 114 valence electrons. The largest absolute Gasteiger partial charge is 0.350 e. The number of hydrogen-bond acceptors (Lipinski definition) is 4. The van der Waals surface area contributed by atoms with E-state index in [0.717, 1.165) is 16.9 Å². The Morgan fingerprint density at radius 2 is 2.23 bits per heavy atom. The van der Waals surface area contributed by atoms with E-state index in [-0.39, 0.29) is 11.6 Å². The Bertz CT molecular complexity index is 862. The summed E-state index contributed by atoms with van der Waals surface area (Å²) in [7, 11) is 0. The van der Waals surface area contributed by atoms with Crippen LogP contribution in [-0.4, -0.2) is 26.6 Å². The number of aromatic nitrogens is 3. The van der Waals surface area contributed by atoms with Crippen LogP contribution in [0.5, 0.6) is 0 Å². The predicted octanol–water partition coefficient (Wildman–Crippen LogP) is 1.55. The maximum absolute atomic E-state index is 12.1. The molecule has 3 rings (SSSR count). The Morgan fingerprint density at radius 1 is 1.36 bits per heavy atom. The molecule has 0 saturated heterocycles. The second-order valence-corrected chi connectivity index (χ2v) is 5.74. The van der Waals surface area contributed by atoms with Gasteiger partial charge in [0.1, 0.15) is 0 Å². The zero-order valence-corrected chi connectivity index (χ0v) is 13.0. The zero-order chi connectivity index (χ0) is 15.5. The summed E-state index contributed by atoms with van der Waals surface area (Å²) in [5, 5.41) is 8.98. The van der Waals surface area contributed by atoms with Gasteiger partial charge in [-0.2, -0.15) is 0 Å². The van der Waals surface area contributed by atoms with Gasteiger partial charge in [0.15, 0.2) is 5.65 Å². The average Bonchev–Trinajstić information content (AvgIpc) is 3.13. The van der Waals surface area contributed by atoms with Gasteiger partial charge in [-0.15, -0.1) is 16.4 Å². The van der Waals surface area contributed by atoms with Crippen LogP contribution in [0.4, 0.5) is 0 Å². The Hall–Kier alpha value is -2.41. The van der Waals surface area contributed by atoms with E-state index in [9.17, 15) is 9.59 Å². The molecule has 0 aromatic carbocycles. The van der Waals surface area contributed by atoms with Gasteiger partial charge in [-0.1, -0.05) is 13.0 Å². The van der Waals surface area contributed by atoms with E-state index in [1.54, 1.807) is 18.3 Å². The summed E-state index contributed by atoms with van der Waals surface area (Å²) in [4.78, 5) is 24.9. The molecule has 0 radical (unpaired) electrons. The summed E-state index contributed by atoms with van der Waals surface area (Å²) in [5.41, 5.74) is 1.45. The van der Waals surface area contributed by atoms with Crippen molar-refractivity contribution in [2.45, 2.75) is 19.9 Å². The van der Waals surface area contributed by atoms with Crippen LogP contribution in [-0.2, 0) is 13.0 Å². The highest BCUT2D eigenvalue weighted by Crippen LogP contribution is 2.16. The third-order valence-electron chi connectivity index (χ3n) is 3.43. The third-order valence-corrected chi connectivity index (χ3v) is 4.39. The quantitative estimate of drug-likeness (QED) is 0.776. The van der Waals surface area contributed by atoms with Crippen molar-refractivity contribution in [2.24, 2.45) is 0 Å². The summed E-state index contributed by atoms with van der Waals surface area (Å²) >= 11 is 1.44.